The van der Waals surface area contributed by atoms with E-state index in [0.29, 0.717) is 5.56 Å². The van der Waals surface area contributed by atoms with Crippen LogP contribution in [0.1, 0.15) is 18.5 Å². The van der Waals surface area contributed by atoms with Crippen LogP contribution in [0.4, 0.5) is 13.2 Å². The lowest BCUT2D eigenvalue weighted by molar-refractivity contribution is -0.166. The fourth-order valence-corrected chi connectivity index (χ4v) is 2.29. The van der Waals surface area contributed by atoms with Crippen LogP contribution in [0, 0.1) is 5.92 Å². The van der Waals surface area contributed by atoms with E-state index in [1.54, 1.807) is 37.4 Å². The highest BCUT2D eigenvalue weighted by Gasteiger charge is 2.51. The molecule has 0 radical (unpaired) electrons. The van der Waals surface area contributed by atoms with Gasteiger partial charge in [0.2, 0.25) is 0 Å². The molecule has 92 valence electrons. The van der Waals surface area contributed by atoms with Gasteiger partial charge in [0.1, 0.15) is 5.92 Å². The van der Waals surface area contributed by atoms with Crippen molar-refractivity contribution in [2.45, 2.75) is 19.1 Å². The lowest BCUT2D eigenvalue weighted by Gasteiger charge is -2.27. The first-order valence-corrected chi connectivity index (χ1v) is 5.31. The molecule has 1 aromatic carbocycles. The minimum atomic E-state index is -4.27. The Bertz CT molecular complexity index is 425. The molecule has 2 atom stereocenters. The van der Waals surface area contributed by atoms with Gasteiger partial charge in [-0.25, -0.2) is 0 Å². The van der Waals surface area contributed by atoms with Crippen molar-refractivity contribution in [3.05, 3.63) is 35.9 Å². The van der Waals surface area contributed by atoms with Gasteiger partial charge in [0, 0.05) is 12.8 Å². The third kappa shape index (κ3) is 2.14. The summed E-state index contributed by atoms with van der Waals surface area (Å²) in [7, 11) is 1.58. The minimum absolute atomic E-state index is 0.119. The lowest BCUT2D eigenvalue weighted by atomic mass is 9.90. The number of hydrogen-bond acceptors (Lipinski definition) is 2. The van der Waals surface area contributed by atoms with Crippen LogP contribution in [0.25, 0.3) is 0 Å². The second kappa shape index (κ2) is 4.05. The molecule has 0 saturated heterocycles. The van der Waals surface area contributed by atoms with Crippen molar-refractivity contribution in [3.63, 3.8) is 0 Å². The largest absolute Gasteiger partial charge is 0.399 e. The molecule has 0 spiro atoms. The monoisotopic (exact) mass is 242 g/mol. The summed E-state index contributed by atoms with van der Waals surface area (Å²) in [6.07, 6.45) is -4.27. The molecule has 0 saturated carbocycles. The maximum absolute atomic E-state index is 13.0. The minimum Gasteiger partial charge on any atom is -0.292 e. The molecule has 2 nitrogen and oxygen atoms in total. The van der Waals surface area contributed by atoms with Crippen LogP contribution in [0.2, 0.25) is 0 Å². The predicted octanol–water partition coefficient (Wildman–Crippen LogP) is 3.23. The molecular formula is C12H13F3N2. The second-order valence-electron chi connectivity index (χ2n) is 4.19. The molecule has 1 heterocycles. The van der Waals surface area contributed by atoms with Crippen LogP contribution in [-0.4, -0.2) is 23.9 Å². The topological polar surface area (TPSA) is 15.6 Å². The molecule has 0 aliphatic carbocycles. The second-order valence-corrected chi connectivity index (χ2v) is 4.19. The summed E-state index contributed by atoms with van der Waals surface area (Å²) in [6.45, 7) is 1.43. The van der Waals surface area contributed by atoms with Gasteiger partial charge in [-0.3, -0.25) is 5.01 Å². The number of hydrogen-bond donors (Lipinski definition) is 0. The molecule has 0 bridgehead atoms. The van der Waals surface area contributed by atoms with Crippen molar-refractivity contribution in [3.8, 4) is 0 Å². The fraction of sp³-hybridized carbons (Fsp3) is 0.417. The van der Waals surface area contributed by atoms with Crippen molar-refractivity contribution in [1.29, 1.82) is 0 Å². The van der Waals surface area contributed by atoms with E-state index in [4.69, 9.17) is 0 Å². The highest BCUT2D eigenvalue weighted by atomic mass is 19.4. The van der Waals surface area contributed by atoms with E-state index in [2.05, 4.69) is 5.10 Å². The molecule has 1 aliphatic heterocycles. The Morgan fingerprint density at radius 3 is 2.29 bits per heavy atom. The molecule has 1 aromatic rings. The van der Waals surface area contributed by atoms with Gasteiger partial charge in [0.15, 0.2) is 0 Å². The highest BCUT2D eigenvalue weighted by molar-refractivity contribution is 5.87. The number of nitrogens with zero attached hydrogens (tertiary/aromatic N) is 2. The van der Waals surface area contributed by atoms with Crippen molar-refractivity contribution in [1.82, 2.24) is 5.01 Å². The van der Waals surface area contributed by atoms with Gasteiger partial charge >= 0.3 is 6.18 Å². The molecule has 2 rings (SSSR count). The average molecular weight is 242 g/mol. The van der Waals surface area contributed by atoms with Crippen molar-refractivity contribution in [2.75, 3.05) is 7.05 Å². The maximum Gasteiger partial charge on any atom is 0.399 e. The number of hydrazone groups is 1. The van der Waals surface area contributed by atoms with Crippen molar-refractivity contribution in [2.24, 2.45) is 11.0 Å². The SMILES string of the molecule is CC1=NN(C)C(c2ccccc2)C1C(F)(F)F. The molecule has 0 aromatic heterocycles. The molecular weight excluding hydrogens is 229 g/mol. The summed E-state index contributed by atoms with van der Waals surface area (Å²) >= 11 is 0. The number of alkyl halides is 3. The molecule has 2 unspecified atom stereocenters. The Morgan fingerprint density at radius 2 is 1.76 bits per heavy atom. The Hall–Kier alpha value is -1.52. The zero-order valence-corrected chi connectivity index (χ0v) is 9.57. The van der Waals surface area contributed by atoms with Gasteiger partial charge in [-0.2, -0.15) is 18.3 Å². The maximum atomic E-state index is 13.0. The van der Waals surface area contributed by atoms with Gasteiger partial charge in [-0.15, -0.1) is 0 Å². The molecule has 17 heavy (non-hydrogen) atoms. The summed E-state index contributed by atoms with van der Waals surface area (Å²) in [5, 5.41) is 5.32. The van der Waals surface area contributed by atoms with Crippen LogP contribution in [0.15, 0.2) is 35.4 Å². The summed E-state index contributed by atoms with van der Waals surface area (Å²) in [6, 6.07) is 7.92. The number of rotatable bonds is 1. The van der Waals surface area contributed by atoms with Gasteiger partial charge in [0.25, 0.3) is 0 Å². The Kier molecular flexibility index (Phi) is 2.85. The number of benzene rings is 1. The summed E-state index contributed by atoms with van der Waals surface area (Å²) in [5.41, 5.74) is 0.756. The van der Waals surface area contributed by atoms with E-state index in [-0.39, 0.29) is 5.71 Å². The lowest BCUT2D eigenvalue weighted by Crippen LogP contribution is -2.34. The van der Waals surface area contributed by atoms with Crippen LogP contribution in [0.5, 0.6) is 0 Å². The van der Waals surface area contributed by atoms with E-state index >= 15 is 0 Å². The molecule has 0 N–H and O–H groups in total. The molecule has 0 amide bonds. The van der Waals surface area contributed by atoms with Gasteiger partial charge in [0.05, 0.1) is 6.04 Å². The quantitative estimate of drug-likeness (QED) is 0.738. The first-order chi connectivity index (χ1) is 7.91. The predicted molar refractivity (Wildman–Crippen MR) is 59.6 cm³/mol. The van der Waals surface area contributed by atoms with Crippen LogP contribution >= 0.6 is 0 Å². The van der Waals surface area contributed by atoms with E-state index in [1.165, 1.54) is 11.9 Å². The average Bonchev–Trinajstić information content (AvgIpc) is 2.54. The zero-order chi connectivity index (χ0) is 12.6. The van der Waals surface area contributed by atoms with E-state index in [0.717, 1.165) is 0 Å². The molecule has 1 aliphatic rings. The third-order valence-corrected chi connectivity index (χ3v) is 2.98. The van der Waals surface area contributed by atoms with E-state index < -0.39 is 18.1 Å². The van der Waals surface area contributed by atoms with Gasteiger partial charge < -0.3 is 0 Å². The molecule has 5 heteroatoms. The van der Waals surface area contributed by atoms with Crippen LogP contribution < -0.4 is 0 Å². The standard InChI is InChI=1S/C12H13F3N2/c1-8-10(12(13,14)15)11(17(2)16-8)9-6-4-3-5-7-9/h3-7,10-11H,1-2H3. The Labute approximate surface area is 97.7 Å². The summed E-state index contributed by atoms with van der Waals surface area (Å²) in [5.74, 6) is -1.52. The third-order valence-electron chi connectivity index (χ3n) is 2.98. The summed E-state index contributed by atoms with van der Waals surface area (Å²) < 4.78 is 39.0. The van der Waals surface area contributed by atoms with E-state index in [1.807, 2.05) is 0 Å². The normalized spacial score (nSPS) is 25.0. The van der Waals surface area contributed by atoms with Gasteiger partial charge in [-0.1, -0.05) is 30.3 Å². The first-order valence-electron chi connectivity index (χ1n) is 5.31. The Balaban J connectivity index is 2.40. The van der Waals surface area contributed by atoms with Crippen molar-refractivity contribution < 1.29 is 13.2 Å². The van der Waals surface area contributed by atoms with E-state index in [9.17, 15) is 13.2 Å². The van der Waals surface area contributed by atoms with Crippen molar-refractivity contribution >= 4 is 5.71 Å². The Morgan fingerprint density at radius 1 is 1.18 bits per heavy atom. The number of halogens is 3. The summed E-state index contributed by atoms with van der Waals surface area (Å²) in [4.78, 5) is 0. The zero-order valence-electron chi connectivity index (χ0n) is 9.57. The van der Waals surface area contributed by atoms with Gasteiger partial charge in [-0.05, 0) is 12.5 Å². The molecule has 0 fully saturated rings. The van der Waals surface area contributed by atoms with Crippen LogP contribution in [-0.2, 0) is 0 Å². The first kappa shape index (κ1) is 12.0. The fourth-order valence-electron chi connectivity index (χ4n) is 2.29. The van der Waals surface area contributed by atoms with Crippen LogP contribution in [0.3, 0.4) is 0 Å². The highest BCUT2D eigenvalue weighted by Crippen LogP contribution is 2.43. The smallest absolute Gasteiger partial charge is 0.292 e.